The van der Waals surface area contributed by atoms with Crippen LogP contribution in [0.15, 0.2) is 48.1 Å². The summed E-state index contributed by atoms with van der Waals surface area (Å²) in [5, 5.41) is 8.83. The number of carboxylic acid groups (broad SMARTS) is 1. The molecular formula is C19H22O3. The molecule has 22 heavy (non-hydrogen) atoms. The van der Waals surface area contributed by atoms with Gasteiger partial charge in [0, 0.05) is 23.5 Å². The van der Waals surface area contributed by atoms with Crippen molar-refractivity contribution in [2.75, 3.05) is 0 Å². The number of allylic oxidation sites excluding steroid dienone is 3. The lowest BCUT2D eigenvalue weighted by Gasteiger charge is -2.47. The third-order valence-electron chi connectivity index (χ3n) is 4.83. The molecule has 1 unspecified atom stereocenters. The van der Waals surface area contributed by atoms with Crippen molar-refractivity contribution >= 4 is 11.8 Å². The SMILES string of the molecule is CC(=C/C(=O)O)/C=C/C1(C)c2ccccc2C(=O)CC1(C)C. The third kappa shape index (κ3) is 2.76. The molecule has 1 aromatic rings. The number of hydrogen-bond acceptors (Lipinski definition) is 2. The molecule has 0 amide bonds. The van der Waals surface area contributed by atoms with Crippen molar-refractivity contribution in [3.63, 3.8) is 0 Å². The first-order valence-corrected chi connectivity index (χ1v) is 7.40. The molecule has 0 saturated carbocycles. The fourth-order valence-electron chi connectivity index (χ4n) is 3.08. The summed E-state index contributed by atoms with van der Waals surface area (Å²) in [6, 6.07) is 7.70. The zero-order chi connectivity index (χ0) is 16.5. The van der Waals surface area contributed by atoms with Crippen LogP contribution in [0.25, 0.3) is 0 Å². The number of ketones is 1. The molecule has 0 fully saturated rings. The van der Waals surface area contributed by atoms with Gasteiger partial charge in [0.2, 0.25) is 0 Å². The van der Waals surface area contributed by atoms with Crippen LogP contribution >= 0.6 is 0 Å². The first-order chi connectivity index (χ1) is 10.2. The molecule has 0 saturated heterocycles. The van der Waals surface area contributed by atoms with E-state index in [4.69, 9.17) is 5.11 Å². The van der Waals surface area contributed by atoms with Gasteiger partial charge in [0.15, 0.2) is 5.78 Å². The number of carbonyl (C=O) groups excluding carboxylic acids is 1. The Labute approximate surface area is 131 Å². The number of rotatable bonds is 3. The van der Waals surface area contributed by atoms with Crippen LogP contribution in [-0.4, -0.2) is 16.9 Å². The molecule has 116 valence electrons. The Kier molecular flexibility index (Phi) is 4.10. The minimum Gasteiger partial charge on any atom is -0.478 e. The number of carboxylic acids is 1. The van der Waals surface area contributed by atoms with Crippen molar-refractivity contribution in [2.45, 2.75) is 39.5 Å². The highest BCUT2D eigenvalue weighted by Crippen LogP contribution is 2.50. The monoisotopic (exact) mass is 298 g/mol. The van der Waals surface area contributed by atoms with Gasteiger partial charge in [-0.25, -0.2) is 4.79 Å². The fraction of sp³-hybridized carbons (Fsp3) is 0.368. The molecule has 1 atom stereocenters. The van der Waals surface area contributed by atoms with E-state index in [0.29, 0.717) is 12.0 Å². The highest BCUT2D eigenvalue weighted by Gasteiger charge is 2.47. The maximum absolute atomic E-state index is 12.4. The number of aliphatic carboxylic acids is 1. The van der Waals surface area contributed by atoms with Crippen LogP contribution in [-0.2, 0) is 10.2 Å². The van der Waals surface area contributed by atoms with Gasteiger partial charge in [-0.1, -0.05) is 57.2 Å². The molecule has 0 aliphatic heterocycles. The van der Waals surface area contributed by atoms with Gasteiger partial charge in [0.1, 0.15) is 0 Å². The van der Waals surface area contributed by atoms with E-state index in [-0.39, 0.29) is 16.6 Å². The van der Waals surface area contributed by atoms with Gasteiger partial charge in [-0.15, -0.1) is 0 Å². The Morgan fingerprint density at radius 3 is 2.50 bits per heavy atom. The lowest BCUT2D eigenvalue weighted by atomic mass is 9.56. The lowest BCUT2D eigenvalue weighted by molar-refractivity contribution is -0.131. The van der Waals surface area contributed by atoms with Crippen molar-refractivity contribution in [1.82, 2.24) is 0 Å². The number of Topliss-reactive ketones (excluding diaryl/α,β-unsaturated/α-hetero) is 1. The molecule has 1 aromatic carbocycles. The summed E-state index contributed by atoms with van der Waals surface area (Å²) >= 11 is 0. The van der Waals surface area contributed by atoms with Crippen LogP contribution < -0.4 is 0 Å². The fourth-order valence-corrected chi connectivity index (χ4v) is 3.08. The summed E-state index contributed by atoms with van der Waals surface area (Å²) in [5.74, 6) is -0.782. The smallest absolute Gasteiger partial charge is 0.328 e. The Morgan fingerprint density at radius 1 is 1.23 bits per heavy atom. The molecular weight excluding hydrogens is 276 g/mol. The molecule has 1 aliphatic carbocycles. The van der Waals surface area contributed by atoms with Crippen LogP contribution in [0.4, 0.5) is 0 Å². The quantitative estimate of drug-likeness (QED) is 0.674. The summed E-state index contributed by atoms with van der Waals surface area (Å²) in [5.41, 5.74) is 1.90. The zero-order valence-corrected chi connectivity index (χ0v) is 13.5. The molecule has 0 spiro atoms. The van der Waals surface area contributed by atoms with Crippen molar-refractivity contribution in [2.24, 2.45) is 5.41 Å². The first-order valence-electron chi connectivity index (χ1n) is 7.40. The van der Waals surface area contributed by atoms with Gasteiger partial charge in [-0.05, 0) is 23.5 Å². The maximum Gasteiger partial charge on any atom is 0.328 e. The van der Waals surface area contributed by atoms with Crippen LogP contribution in [0.1, 0.15) is 50.0 Å². The van der Waals surface area contributed by atoms with Gasteiger partial charge in [-0.2, -0.15) is 0 Å². The number of benzene rings is 1. The van der Waals surface area contributed by atoms with Crippen molar-refractivity contribution in [3.8, 4) is 0 Å². The Balaban J connectivity index is 2.55. The van der Waals surface area contributed by atoms with E-state index in [1.54, 1.807) is 6.92 Å². The van der Waals surface area contributed by atoms with Gasteiger partial charge in [0.05, 0.1) is 0 Å². The van der Waals surface area contributed by atoms with Crippen molar-refractivity contribution < 1.29 is 14.7 Å². The third-order valence-corrected chi connectivity index (χ3v) is 4.83. The minimum atomic E-state index is -0.953. The summed E-state index contributed by atoms with van der Waals surface area (Å²) in [6.07, 6.45) is 5.54. The maximum atomic E-state index is 12.4. The van der Waals surface area contributed by atoms with E-state index in [1.807, 2.05) is 36.4 Å². The average Bonchev–Trinajstić information content (AvgIpc) is 2.42. The highest BCUT2D eigenvalue weighted by atomic mass is 16.4. The molecule has 0 aromatic heterocycles. The lowest BCUT2D eigenvalue weighted by Crippen LogP contribution is -2.44. The summed E-state index contributed by atoms with van der Waals surface area (Å²) in [7, 11) is 0. The first kappa shape index (κ1) is 16.2. The van der Waals surface area contributed by atoms with Crippen molar-refractivity contribution in [3.05, 3.63) is 59.2 Å². The summed E-state index contributed by atoms with van der Waals surface area (Å²) < 4.78 is 0. The molecule has 3 nitrogen and oxygen atoms in total. The highest BCUT2D eigenvalue weighted by molar-refractivity contribution is 6.00. The summed E-state index contributed by atoms with van der Waals surface area (Å²) in [6.45, 7) is 8.05. The van der Waals surface area contributed by atoms with Gasteiger partial charge < -0.3 is 5.11 Å². The van der Waals surface area contributed by atoms with Gasteiger partial charge in [0.25, 0.3) is 0 Å². The van der Waals surface area contributed by atoms with Crippen LogP contribution in [0, 0.1) is 5.41 Å². The van der Waals surface area contributed by atoms with E-state index in [0.717, 1.165) is 11.1 Å². The van der Waals surface area contributed by atoms with Crippen LogP contribution in [0.3, 0.4) is 0 Å². The molecule has 1 N–H and O–H groups in total. The van der Waals surface area contributed by atoms with Gasteiger partial charge in [-0.3, -0.25) is 4.79 Å². The number of fused-ring (bicyclic) bond motifs is 1. The molecule has 3 heteroatoms. The number of carbonyl (C=O) groups is 2. The molecule has 2 rings (SSSR count). The second-order valence-electron chi connectivity index (χ2n) is 6.79. The van der Waals surface area contributed by atoms with E-state index < -0.39 is 5.97 Å². The van der Waals surface area contributed by atoms with Crippen LogP contribution in [0.5, 0.6) is 0 Å². The largest absolute Gasteiger partial charge is 0.478 e. The molecule has 0 bridgehead atoms. The second-order valence-corrected chi connectivity index (χ2v) is 6.79. The van der Waals surface area contributed by atoms with Gasteiger partial charge >= 0.3 is 5.97 Å². The molecule has 1 aliphatic rings. The predicted octanol–water partition coefficient (Wildman–Crippen LogP) is 4.14. The van der Waals surface area contributed by atoms with E-state index in [1.165, 1.54) is 6.08 Å². The summed E-state index contributed by atoms with van der Waals surface area (Å²) in [4.78, 5) is 23.1. The number of hydrogen-bond donors (Lipinski definition) is 1. The van der Waals surface area contributed by atoms with E-state index in [9.17, 15) is 9.59 Å². The molecule has 0 radical (unpaired) electrons. The molecule has 0 heterocycles. The Morgan fingerprint density at radius 2 is 1.86 bits per heavy atom. The standard InChI is InChI=1S/C19H22O3/c1-13(11-17(21)22)9-10-19(4)15-8-6-5-7-14(15)16(20)12-18(19,2)3/h5-11H,12H2,1-4H3,(H,21,22)/b10-9+,13-11-. The second kappa shape index (κ2) is 5.56. The van der Waals surface area contributed by atoms with E-state index in [2.05, 4.69) is 20.8 Å². The zero-order valence-electron chi connectivity index (χ0n) is 13.5. The normalized spacial score (nSPS) is 24.4. The van der Waals surface area contributed by atoms with Crippen LogP contribution in [0.2, 0.25) is 0 Å². The predicted molar refractivity (Wildman–Crippen MR) is 87.1 cm³/mol. The Bertz CT molecular complexity index is 680. The van der Waals surface area contributed by atoms with Crippen molar-refractivity contribution in [1.29, 1.82) is 0 Å². The Hall–Kier alpha value is -2.16. The minimum absolute atomic E-state index is 0.171. The average molecular weight is 298 g/mol. The topological polar surface area (TPSA) is 54.4 Å². The van der Waals surface area contributed by atoms with E-state index >= 15 is 0 Å².